The first-order valence-electron chi connectivity index (χ1n) is 14.2. The number of nitrogens with zero attached hydrogens (tertiary/aromatic N) is 6. The van der Waals surface area contributed by atoms with Gasteiger partial charge in [0.25, 0.3) is 5.91 Å². The first-order valence-corrected chi connectivity index (χ1v) is 17.9. The van der Waals surface area contributed by atoms with Crippen molar-refractivity contribution in [2.45, 2.75) is 58.8 Å². The molecule has 1 fully saturated rings. The Kier molecular flexibility index (Phi) is 9.20. The van der Waals surface area contributed by atoms with E-state index in [-0.39, 0.29) is 12.6 Å². The summed E-state index contributed by atoms with van der Waals surface area (Å²) in [6.45, 7) is 16.6. The standard InChI is InChI=1S/C30H44N6O4Si/c1-30(2,3)40-29(38)34(5)26-19-25-24(20-31-26)27(32-36(25)21-39-17-18-41(6,7)8)22-9-11-23(12-10-22)28(37)35-15-13-33(4)14-16-35/h9-12,19-20H,13-18,21H2,1-8H3. The van der Waals surface area contributed by atoms with Crippen LogP contribution in [0.1, 0.15) is 31.1 Å². The van der Waals surface area contributed by atoms with Crippen molar-refractivity contribution in [2.24, 2.45) is 0 Å². The van der Waals surface area contributed by atoms with Crippen LogP contribution in [-0.4, -0.2) is 97.1 Å². The van der Waals surface area contributed by atoms with Crippen LogP contribution in [0.25, 0.3) is 22.2 Å². The summed E-state index contributed by atoms with van der Waals surface area (Å²) in [5.41, 5.74) is 2.46. The molecule has 2 aromatic heterocycles. The number of rotatable bonds is 8. The van der Waals surface area contributed by atoms with Gasteiger partial charge < -0.3 is 19.3 Å². The number of likely N-dealkylation sites (N-methyl/N-ethyl adjacent to an activating group) is 1. The number of fused-ring (bicyclic) bond motifs is 1. The van der Waals surface area contributed by atoms with E-state index >= 15 is 0 Å². The van der Waals surface area contributed by atoms with Crippen LogP contribution in [0, 0.1) is 0 Å². The molecule has 1 saturated heterocycles. The van der Waals surface area contributed by atoms with Crippen molar-refractivity contribution in [3.05, 3.63) is 42.1 Å². The number of amides is 2. The topological polar surface area (TPSA) is 93.0 Å². The third kappa shape index (κ3) is 7.93. The molecule has 3 heterocycles. The summed E-state index contributed by atoms with van der Waals surface area (Å²) in [5, 5.41) is 5.73. The third-order valence-electron chi connectivity index (χ3n) is 7.04. The highest BCUT2D eigenvalue weighted by Gasteiger charge is 2.24. The Morgan fingerprint density at radius 3 is 2.32 bits per heavy atom. The van der Waals surface area contributed by atoms with E-state index < -0.39 is 19.8 Å². The van der Waals surface area contributed by atoms with Crippen LogP contribution in [-0.2, 0) is 16.2 Å². The van der Waals surface area contributed by atoms with Gasteiger partial charge in [-0.3, -0.25) is 9.69 Å². The molecule has 0 unspecified atom stereocenters. The maximum Gasteiger partial charge on any atom is 0.415 e. The molecular formula is C30H44N6O4Si. The third-order valence-corrected chi connectivity index (χ3v) is 8.74. The Labute approximate surface area is 244 Å². The summed E-state index contributed by atoms with van der Waals surface area (Å²) in [6.07, 6.45) is 1.25. The van der Waals surface area contributed by atoms with Crippen LogP contribution in [0.5, 0.6) is 0 Å². The van der Waals surface area contributed by atoms with Crippen LogP contribution >= 0.6 is 0 Å². The summed E-state index contributed by atoms with van der Waals surface area (Å²) in [7, 11) is 2.48. The Morgan fingerprint density at radius 2 is 1.71 bits per heavy atom. The number of hydrogen-bond acceptors (Lipinski definition) is 7. The average Bonchev–Trinajstić information content (AvgIpc) is 3.27. The average molecular weight is 581 g/mol. The maximum absolute atomic E-state index is 13.1. The monoisotopic (exact) mass is 580 g/mol. The smallest absolute Gasteiger partial charge is 0.415 e. The molecule has 2 amide bonds. The number of carbonyl (C=O) groups is 2. The van der Waals surface area contributed by atoms with E-state index in [0.717, 1.165) is 54.4 Å². The molecule has 0 radical (unpaired) electrons. The Morgan fingerprint density at radius 1 is 1.05 bits per heavy atom. The molecule has 4 rings (SSSR count). The van der Waals surface area contributed by atoms with E-state index in [0.29, 0.717) is 18.0 Å². The predicted octanol–water partition coefficient (Wildman–Crippen LogP) is 5.17. The lowest BCUT2D eigenvalue weighted by atomic mass is 10.1. The highest BCUT2D eigenvalue weighted by Crippen LogP contribution is 2.30. The fraction of sp³-hybridized carbons (Fsp3) is 0.533. The molecule has 0 spiro atoms. The molecule has 0 saturated carbocycles. The molecule has 11 heteroatoms. The highest BCUT2D eigenvalue weighted by molar-refractivity contribution is 6.76. The zero-order valence-electron chi connectivity index (χ0n) is 25.7. The number of benzene rings is 1. The molecule has 1 aliphatic rings. The van der Waals surface area contributed by atoms with Crippen molar-refractivity contribution in [1.29, 1.82) is 0 Å². The van der Waals surface area contributed by atoms with Crippen molar-refractivity contribution in [3.8, 4) is 11.3 Å². The minimum Gasteiger partial charge on any atom is -0.443 e. The van der Waals surface area contributed by atoms with Crippen molar-refractivity contribution < 1.29 is 19.1 Å². The minimum absolute atomic E-state index is 0.0484. The van der Waals surface area contributed by atoms with E-state index in [4.69, 9.17) is 14.6 Å². The molecule has 222 valence electrons. The van der Waals surface area contributed by atoms with Crippen molar-refractivity contribution in [2.75, 3.05) is 51.8 Å². The zero-order valence-corrected chi connectivity index (χ0v) is 26.7. The lowest BCUT2D eigenvalue weighted by Crippen LogP contribution is -2.47. The van der Waals surface area contributed by atoms with Crippen LogP contribution in [0.3, 0.4) is 0 Å². The lowest BCUT2D eigenvalue weighted by molar-refractivity contribution is 0.0587. The molecule has 0 atom stereocenters. The van der Waals surface area contributed by atoms with Crippen LogP contribution in [0.2, 0.25) is 25.7 Å². The van der Waals surface area contributed by atoms with Crippen molar-refractivity contribution in [1.82, 2.24) is 24.6 Å². The van der Waals surface area contributed by atoms with E-state index in [9.17, 15) is 9.59 Å². The van der Waals surface area contributed by atoms with Gasteiger partial charge in [-0.25, -0.2) is 14.5 Å². The van der Waals surface area contributed by atoms with E-state index in [1.807, 2.05) is 60.7 Å². The second-order valence-electron chi connectivity index (χ2n) is 13.0. The molecule has 0 aliphatic carbocycles. The zero-order chi connectivity index (χ0) is 29.9. The van der Waals surface area contributed by atoms with Crippen molar-refractivity contribution >= 4 is 36.8 Å². The highest BCUT2D eigenvalue weighted by atomic mass is 28.3. The minimum atomic E-state index is -1.24. The van der Waals surface area contributed by atoms with Gasteiger partial charge in [0.15, 0.2) is 0 Å². The van der Waals surface area contributed by atoms with Gasteiger partial charge in [0, 0.05) is 76.7 Å². The number of piperazine rings is 1. The number of carbonyl (C=O) groups excluding carboxylic acids is 2. The van der Waals surface area contributed by atoms with Crippen molar-refractivity contribution in [3.63, 3.8) is 0 Å². The first kappa shape index (κ1) is 30.7. The molecule has 1 aromatic carbocycles. The van der Waals surface area contributed by atoms with Gasteiger partial charge in [0.05, 0.1) is 5.52 Å². The quantitative estimate of drug-likeness (QED) is 0.268. The van der Waals surface area contributed by atoms with Gasteiger partial charge in [0.2, 0.25) is 0 Å². The predicted molar refractivity (Wildman–Crippen MR) is 165 cm³/mol. The van der Waals surface area contributed by atoms with Crippen LogP contribution in [0.4, 0.5) is 10.6 Å². The second-order valence-corrected chi connectivity index (χ2v) is 18.6. The molecule has 1 aliphatic heterocycles. The summed E-state index contributed by atoms with van der Waals surface area (Å²) < 4.78 is 13.4. The molecule has 10 nitrogen and oxygen atoms in total. The summed E-state index contributed by atoms with van der Waals surface area (Å²) in [4.78, 5) is 35.9. The molecule has 0 N–H and O–H groups in total. The number of ether oxygens (including phenoxy) is 2. The molecular weight excluding hydrogens is 536 g/mol. The summed E-state index contributed by atoms with van der Waals surface area (Å²) in [6, 6.07) is 10.5. The van der Waals surface area contributed by atoms with E-state index in [1.54, 1.807) is 13.2 Å². The van der Waals surface area contributed by atoms with Gasteiger partial charge in [-0.2, -0.15) is 5.10 Å². The van der Waals surface area contributed by atoms with Gasteiger partial charge in [-0.15, -0.1) is 0 Å². The van der Waals surface area contributed by atoms with Gasteiger partial charge in [0.1, 0.15) is 23.8 Å². The van der Waals surface area contributed by atoms with E-state index in [1.165, 1.54) is 4.90 Å². The van der Waals surface area contributed by atoms with Gasteiger partial charge in [-0.1, -0.05) is 31.8 Å². The molecule has 3 aromatic rings. The summed E-state index contributed by atoms with van der Waals surface area (Å²) >= 11 is 0. The van der Waals surface area contributed by atoms with Crippen LogP contribution in [0.15, 0.2) is 36.5 Å². The normalized spacial score (nSPS) is 14.9. The fourth-order valence-electron chi connectivity index (χ4n) is 4.47. The molecule has 41 heavy (non-hydrogen) atoms. The number of pyridine rings is 1. The summed E-state index contributed by atoms with van der Waals surface area (Å²) in [5.74, 6) is 0.502. The number of aromatic nitrogens is 3. The maximum atomic E-state index is 13.1. The first-order chi connectivity index (χ1) is 19.2. The van der Waals surface area contributed by atoms with Gasteiger partial charge >= 0.3 is 6.09 Å². The Hall–Kier alpha value is -3.28. The Balaban J connectivity index is 1.62. The second kappa shape index (κ2) is 12.3. The SMILES string of the molecule is CN1CCN(C(=O)c2ccc(-c3nn(COCC[Si](C)(C)C)c4cc(N(C)C(=O)OC(C)(C)C)ncc34)cc2)CC1. The number of anilines is 1. The molecule has 0 bridgehead atoms. The van der Waals surface area contributed by atoms with Gasteiger partial charge in [-0.05, 0) is 46.0 Å². The lowest BCUT2D eigenvalue weighted by Gasteiger charge is -2.32. The largest absolute Gasteiger partial charge is 0.443 e. The fourth-order valence-corrected chi connectivity index (χ4v) is 5.23. The van der Waals surface area contributed by atoms with Crippen LogP contribution < -0.4 is 4.90 Å². The number of hydrogen-bond donors (Lipinski definition) is 0. The Bertz CT molecular complexity index is 1370. The van der Waals surface area contributed by atoms with E-state index in [2.05, 4.69) is 36.6 Å².